The Bertz CT molecular complexity index is 768. The number of oxazole rings is 1. The standard InChI is InChI=1S/C19H27ClN6O2/c1-14(24-18(27)17-13-28-19(21)25-17)11-15(5-3-7-20)16-6-10-26(23-12-16)9-4-8-22-2/h3,5-6,11-14,22H,4,7-10H2,1-2H3,(H2,21,25)(H,24,27)/b5-3-,15-11+. The molecule has 1 amide bonds. The molecule has 1 aromatic heterocycles. The highest BCUT2D eigenvalue weighted by atomic mass is 35.5. The fraction of sp³-hybridized carbons (Fsp3) is 0.421. The van der Waals surface area contributed by atoms with E-state index < -0.39 is 0 Å². The number of hydrogen-bond donors (Lipinski definition) is 3. The minimum Gasteiger partial charge on any atom is -0.431 e. The molecule has 0 radical (unpaired) electrons. The number of nitrogen functional groups attached to an aromatic ring is 1. The van der Waals surface area contributed by atoms with Gasteiger partial charge in [-0.2, -0.15) is 10.1 Å². The molecule has 1 aromatic rings. The molecule has 2 heterocycles. The first kappa shape index (κ1) is 21.7. The summed E-state index contributed by atoms with van der Waals surface area (Å²) in [5.74, 6) is 0.0449. The van der Waals surface area contributed by atoms with E-state index in [0.717, 1.165) is 37.2 Å². The van der Waals surface area contributed by atoms with E-state index in [0.29, 0.717) is 5.88 Å². The lowest BCUT2D eigenvalue weighted by molar-refractivity contribution is 0.0942. The van der Waals surface area contributed by atoms with Crippen LogP contribution in [0.25, 0.3) is 0 Å². The third-order valence-corrected chi connectivity index (χ3v) is 4.17. The Morgan fingerprint density at radius 2 is 2.36 bits per heavy atom. The number of allylic oxidation sites excluding steroid dienone is 4. The topological polar surface area (TPSA) is 109 Å². The number of carbonyl (C=O) groups excluding carboxylic acids is 1. The van der Waals surface area contributed by atoms with E-state index in [2.05, 4.69) is 26.8 Å². The smallest absolute Gasteiger partial charge is 0.292 e. The van der Waals surface area contributed by atoms with E-state index in [1.54, 1.807) is 0 Å². The van der Waals surface area contributed by atoms with E-state index in [4.69, 9.17) is 21.8 Å². The number of alkyl halides is 1. The summed E-state index contributed by atoms with van der Waals surface area (Å²) in [6, 6.07) is -0.287. The fourth-order valence-electron chi connectivity index (χ4n) is 2.63. The van der Waals surface area contributed by atoms with Crippen molar-refractivity contribution in [2.45, 2.75) is 19.4 Å². The summed E-state index contributed by atoms with van der Waals surface area (Å²) in [5, 5.41) is 12.5. The number of aromatic nitrogens is 1. The molecule has 0 spiro atoms. The van der Waals surface area contributed by atoms with E-state index in [9.17, 15) is 4.79 Å². The van der Waals surface area contributed by atoms with Gasteiger partial charge in [-0.05, 0) is 38.1 Å². The summed E-state index contributed by atoms with van der Waals surface area (Å²) in [4.78, 5) is 16.0. The second-order valence-electron chi connectivity index (χ2n) is 6.29. The first-order valence-electron chi connectivity index (χ1n) is 9.13. The monoisotopic (exact) mass is 406 g/mol. The lowest BCUT2D eigenvalue weighted by atomic mass is 10.0. The molecule has 8 nitrogen and oxygen atoms in total. The summed E-state index contributed by atoms with van der Waals surface area (Å²) in [6.07, 6.45) is 11.9. The molecule has 0 saturated heterocycles. The van der Waals surface area contributed by atoms with Crippen molar-refractivity contribution in [1.82, 2.24) is 20.6 Å². The third kappa shape index (κ3) is 6.86. The molecule has 152 valence electrons. The van der Waals surface area contributed by atoms with Gasteiger partial charge in [0.05, 0.1) is 12.8 Å². The zero-order chi connectivity index (χ0) is 20.4. The van der Waals surface area contributed by atoms with Crippen LogP contribution in [0.4, 0.5) is 6.01 Å². The molecule has 28 heavy (non-hydrogen) atoms. The maximum atomic E-state index is 12.2. The number of nitrogens with two attached hydrogens (primary N) is 1. The quantitative estimate of drug-likeness (QED) is 0.311. The molecule has 9 heteroatoms. The first-order valence-corrected chi connectivity index (χ1v) is 9.67. The normalized spacial score (nSPS) is 15.8. The predicted octanol–water partition coefficient (Wildman–Crippen LogP) is 1.93. The van der Waals surface area contributed by atoms with Crippen LogP contribution in [0.5, 0.6) is 0 Å². The van der Waals surface area contributed by atoms with Crippen LogP contribution in [0.15, 0.2) is 51.2 Å². The molecule has 1 aliphatic rings. The van der Waals surface area contributed by atoms with E-state index in [1.165, 1.54) is 6.26 Å². The number of anilines is 1. The Kier molecular flexibility index (Phi) is 8.77. The van der Waals surface area contributed by atoms with Crippen LogP contribution in [0.1, 0.15) is 23.8 Å². The van der Waals surface area contributed by atoms with Crippen LogP contribution in [-0.4, -0.2) is 60.7 Å². The van der Waals surface area contributed by atoms with Gasteiger partial charge in [0.1, 0.15) is 6.26 Å². The lowest BCUT2D eigenvalue weighted by Gasteiger charge is -2.22. The summed E-state index contributed by atoms with van der Waals surface area (Å²) in [6.45, 7) is 4.46. The van der Waals surface area contributed by atoms with E-state index >= 15 is 0 Å². The summed E-state index contributed by atoms with van der Waals surface area (Å²) in [5.41, 5.74) is 7.47. The average molecular weight is 407 g/mol. The van der Waals surface area contributed by atoms with Gasteiger partial charge in [0, 0.05) is 18.5 Å². The van der Waals surface area contributed by atoms with Crippen molar-refractivity contribution in [1.29, 1.82) is 0 Å². The highest BCUT2D eigenvalue weighted by molar-refractivity contribution is 6.18. The number of halogens is 1. The minimum absolute atomic E-state index is 0.0399. The van der Waals surface area contributed by atoms with Gasteiger partial charge in [-0.15, -0.1) is 11.6 Å². The van der Waals surface area contributed by atoms with Gasteiger partial charge in [0.15, 0.2) is 5.69 Å². The average Bonchev–Trinajstić information content (AvgIpc) is 3.12. The largest absolute Gasteiger partial charge is 0.431 e. The van der Waals surface area contributed by atoms with Crippen LogP contribution in [0, 0.1) is 0 Å². The van der Waals surface area contributed by atoms with Crippen molar-refractivity contribution in [2.75, 3.05) is 38.3 Å². The number of rotatable bonds is 10. The van der Waals surface area contributed by atoms with Crippen LogP contribution in [0.2, 0.25) is 0 Å². The van der Waals surface area contributed by atoms with Crippen molar-refractivity contribution in [3.8, 4) is 0 Å². The highest BCUT2D eigenvalue weighted by Crippen LogP contribution is 2.16. The summed E-state index contributed by atoms with van der Waals surface area (Å²) < 4.78 is 4.87. The zero-order valence-corrected chi connectivity index (χ0v) is 16.9. The van der Waals surface area contributed by atoms with Gasteiger partial charge in [-0.1, -0.05) is 24.3 Å². The maximum absolute atomic E-state index is 12.2. The van der Waals surface area contributed by atoms with E-state index in [-0.39, 0.29) is 23.7 Å². The van der Waals surface area contributed by atoms with Gasteiger partial charge in [0.2, 0.25) is 0 Å². The van der Waals surface area contributed by atoms with Crippen molar-refractivity contribution in [3.63, 3.8) is 0 Å². The van der Waals surface area contributed by atoms with Gasteiger partial charge in [0.25, 0.3) is 11.9 Å². The molecule has 0 bridgehead atoms. The number of carbonyl (C=O) groups is 1. The molecule has 0 aromatic carbocycles. The number of hydrogen-bond acceptors (Lipinski definition) is 7. The van der Waals surface area contributed by atoms with Crippen LogP contribution in [0.3, 0.4) is 0 Å². The zero-order valence-electron chi connectivity index (χ0n) is 16.2. The predicted molar refractivity (Wildman–Crippen MR) is 112 cm³/mol. The SMILES string of the molecule is CNCCCN1CC=C(C(/C=C\CCl)=C/C(C)NC(=O)c2coc(N)n2)C=N1. The number of amides is 1. The Hall–Kier alpha value is -2.58. The second kappa shape index (κ2) is 11.3. The summed E-state index contributed by atoms with van der Waals surface area (Å²) >= 11 is 5.80. The Balaban J connectivity index is 2.03. The molecule has 0 fully saturated rings. The molecule has 4 N–H and O–H groups in total. The van der Waals surface area contributed by atoms with E-state index in [1.807, 2.05) is 43.4 Å². The molecule has 2 rings (SSSR count). The van der Waals surface area contributed by atoms with Gasteiger partial charge >= 0.3 is 0 Å². The maximum Gasteiger partial charge on any atom is 0.292 e. The molecule has 1 unspecified atom stereocenters. The Morgan fingerprint density at radius 3 is 2.96 bits per heavy atom. The van der Waals surface area contributed by atoms with Crippen LogP contribution in [-0.2, 0) is 0 Å². The molecule has 1 atom stereocenters. The Labute approximate surface area is 170 Å². The van der Waals surface area contributed by atoms with Crippen LogP contribution >= 0.6 is 11.6 Å². The highest BCUT2D eigenvalue weighted by Gasteiger charge is 2.14. The lowest BCUT2D eigenvalue weighted by Crippen LogP contribution is -2.31. The van der Waals surface area contributed by atoms with Crippen molar-refractivity contribution in [3.05, 3.63) is 47.4 Å². The minimum atomic E-state index is -0.355. The number of hydrazone groups is 1. The molecular weight excluding hydrogens is 380 g/mol. The number of nitrogens with one attached hydrogen (secondary N) is 2. The second-order valence-corrected chi connectivity index (χ2v) is 6.59. The van der Waals surface area contributed by atoms with Gasteiger partial charge in [-0.25, -0.2) is 0 Å². The Morgan fingerprint density at radius 1 is 1.54 bits per heavy atom. The molecule has 0 saturated carbocycles. The number of nitrogens with zero attached hydrogens (tertiary/aromatic N) is 3. The van der Waals surface area contributed by atoms with Crippen molar-refractivity contribution < 1.29 is 9.21 Å². The van der Waals surface area contributed by atoms with Crippen molar-refractivity contribution >= 4 is 29.7 Å². The summed E-state index contributed by atoms with van der Waals surface area (Å²) in [7, 11) is 1.94. The van der Waals surface area contributed by atoms with Crippen LogP contribution < -0.4 is 16.4 Å². The molecule has 1 aliphatic heterocycles. The van der Waals surface area contributed by atoms with Crippen molar-refractivity contribution in [2.24, 2.45) is 5.10 Å². The third-order valence-electron chi connectivity index (χ3n) is 3.99. The molecular formula is C19H27ClN6O2. The first-order chi connectivity index (χ1) is 13.5. The van der Waals surface area contributed by atoms with Gasteiger partial charge in [-0.3, -0.25) is 9.80 Å². The fourth-order valence-corrected chi connectivity index (χ4v) is 2.72. The molecule has 0 aliphatic carbocycles. The van der Waals surface area contributed by atoms with Gasteiger partial charge < -0.3 is 20.8 Å².